The van der Waals surface area contributed by atoms with Crippen molar-refractivity contribution in [3.8, 4) is 6.07 Å². The average molecular weight is 239 g/mol. The summed E-state index contributed by atoms with van der Waals surface area (Å²) in [7, 11) is 1.65. The Bertz CT molecular complexity index is 282. The molecule has 0 saturated carbocycles. The Kier molecular flexibility index (Phi) is 9.97. The van der Waals surface area contributed by atoms with E-state index >= 15 is 0 Å². The lowest BCUT2D eigenvalue weighted by Crippen LogP contribution is -2.27. The highest BCUT2D eigenvalue weighted by atomic mass is 16.5. The second-order valence-electron chi connectivity index (χ2n) is 3.53. The lowest BCUT2D eigenvalue weighted by molar-refractivity contribution is -0.117. The molecule has 0 aromatic heterocycles. The van der Waals surface area contributed by atoms with Crippen molar-refractivity contribution in [3.63, 3.8) is 0 Å². The molecule has 2 N–H and O–H groups in total. The van der Waals surface area contributed by atoms with Crippen LogP contribution in [0, 0.1) is 11.3 Å². The molecule has 0 aliphatic heterocycles. The fraction of sp³-hybridized carbons (Fsp3) is 0.667. The van der Waals surface area contributed by atoms with Crippen LogP contribution in [0.2, 0.25) is 0 Å². The molecule has 5 nitrogen and oxygen atoms in total. The number of carbonyl (C=O) groups excluding carboxylic acids is 1. The predicted octanol–water partition coefficient (Wildman–Crippen LogP) is 0.936. The summed E-state index contributed by atoms with van der Waals surface area (Å²) in [4.78, 5) is 11.4. The molecule has 0 fully saturated rings. The maximum Gasteiger partial charge on any atom is 0.263 e. The Balaban J connectivity index is 3.58. The van der Waals surface area contributed by atoms with Gasteiger partial charge in [0.2, 0.25) is 0 Å². The van der Waals surface area contributed by atoms with Crippen LogP contribution in [0.5, 0.6) is 0 Å². The van der Waals surface area contributed by atoms with Gasteiger partial charge in [-0.1, -0.05) is 13.3 Å². The van der Waals surface area contributed by atoms with Gasteiger partial charge in [-0.3, -0.25) is 4.79 Å². The summed E-state index contributed by atoms with van der Waals surface area (Å²) < 4.78 is 5.35. The number of rotatable bonds is 9. The maximum atomic E-state index is 11.4. The van der Waals surface area contributed by atoms with Crippen molar-refractivity contribution in [3.05, 3.63) is 11.8 Å². The first-order valence-corrected chi connectivity index (χ1v) is 5.89. The van der Waals surface area contributed by atoms with Crippen LogP contribution in [-0.4, -0.2) is 32.7 Å². The van der Waals surface area contributed by atoms with E-state index in [9.17, 15) is 4.79 Å². The molecule has 0 spiro atoms. The van der Waals surface area contributed by atoms with Gasteiger partial charge in [0.25, 0.3) is 5.91 Å². The van der Waals surface area contributed by atoms with E-state index < -0.39 is 0 Å². The molecule has 0 rings (SSSR count). The molecule has 0 saturated heterocycles. The molecule has 0 aromatic rings. The molecule has 17 heavy (non-hydrogen) atoms. The lowest BCUT2D eigenvalue weighted by Gasteiger charge is -2.05. The molecule has 0 unspecified atom stereocenters. The summed E-state index contributed by atoms with van der Waals surface area (Å²) in [5.41, 5.74) is 0.0828. The van der Waals surface area contributed by atoms with Gasteiger partial charge >= 0.3 is 0 Å². The summed E-state index contributed by atoms with van der Waals surface area (Å²) >= 11 is 0. The van der Waals surface area contributed by atoms with Crippen LogP contribution in [0.3, 0.4) is 0 Å². The van der Waals surface area contributed by atoms with E-state index in [1.165, 1.54) is 6.20 Å². The van der Waals surface area contributed by atoms with Crippen molar-refractivity contribution in [2.75, 3.05) is 26.8 Å². The third-order valence-corrected chi connectivity index (χ3v) is 2.05. The molecule has 1 amide bonds. The third kappa shape index (κ3) is 8.29. The van der Waals surface area contributed by atoms with Crippen molar-refractivity contribution in [1.82, 2.24) is 10.6 Å². The fourth-order valence-corrected chi connectivity index (χ4v) is 1.11. The fourth-order valence-electron chi connectivity index (χ4n) is 1.11. The highest BCUT2D eigenvalue weighted by Gasteiger charge is 2.06. The van der Waals surface area contributed by atoms with Gasteiger partial charge < -0.3 is 15.4 Å². The molecule has 0 bridgehead atoms. The van der Waals surface area contributed by atoms with Crippen molar-refractivity contribution < 1.29 is 9.53 Å². The number of amides is 1. The number of hydrogen-bond donors (Lipinski definition) is 2. The summed E-state index contributed by atoms with van der Waals surface area (Å²) in [6.45, 7) is 4.04. The Morgan fingerprint density at radius 2 is 2.12 bits per heavy atom. The number of carbonyl (C=O) groups is 1. The molecule has 5 heteroatoms. The van der Waals surface area contributed by atoms with Crippen LogP contribution in [-0.2, 0) is 9.53 Å². The number of nitrogens with zero attached hydrogens (tertiary/aromatic N) is 1. The Morgan fingerprint density at radius 1 is 1.41 bits per heavy atom. The summed E-state index contributed by atoms with van der Waals surface area (Å²) in [6.07, 6.45) is 4.33. The lowest BCUT2D eigenvalue weighted by atomic mass is 10.3. The summed E-state index contributed by atoms with van der Waals surface area (Å²) in [5, 5.41) is 14.0. The molecular weight excluding hydrogens is 218 g/mol. The molecular formula is C12H21N3O2. The van der Waals surface area contributed by atoms with Crippen molar-refractivity contribution in [2.24, 2.45) is 0 Å². The maximum absolute atomic E-state index is 11.4. The first-order valence-electron chi connectivity index (χ1n) is 5.89. The number of unbranched alkanes of at least 4 members (excludes halogenated alkanes) is 1. The zero-order valence-electron chi connectivity index (χ0n) is 10.6. The topological polar surface area (TPSA) is 74.1 Å². The van der Waals surface area contributed by atoms with Gasteiger partial charge in [0, 0.05) is 33.0 Å². The van der Waals surface area contributed by atoms with E-state index in [1.807, 2.05) is 6.07 Å². The molecule has 0 aliphatic rings. The first kappa shape index (κ1) is 15.5. The van der Waals surface area contributed by atoms with Gasteiger partial charge in [0.05, 0.1) is 0 Å². The Labute approximate surface area is 103 Å². The van der Waals surface area contributed by atoms with E-state index in [1.54, 1.807) is 7.05 Å². The smallest absolute Gasteiger partial charge is 0.263 e. The van der Waals surface area contributed by atoms with E-state index in [2.05, 4.69) is 17.6 Å². The van der Waals surface area contributed by atoms with Crippen molar-refractivity contribution in [2.45, 2.75) is 26.2 Å². The second-order valence-corrected chi connectivity index (χ2v) is 3.53. The molecule has 0 atom stereocenters. The van der Waals surface area contributed by atoms with Crippen molar-refractivity contribution >= 4 is 5.91 Å². The van der Waals surface area contributed by atoms with Crippen molar-refractivity contribution in [1.29, 1.82) is 5.26 Å². The minimum absolute atomic E-state index is 0.0828. The predicted molar refractivity (Wildman–Crippen MR) is 66.1 cm³/mol. The number of hydrogen-bond acceptors (Lipinski definition) is 4. The van der Waals surface area contributed by atoms with Gasteiger partial charge in [-0.05, 0) is 12.8 Å². The van der Waals surface area contributed by atoms with Crippen LogP contribution in [0.1, 0.15) is 26.2 Å². The molecule has 96 valence electrons. The van der Waals surface area contributed by atoms with Gasteiger partial charge in [-0.15, -0.1) is 0 Å². The Hall–Kier alpha value is -1.54. The van der Waals surface area contributed by atoms with E-state index in [-0.39, 0.29) is 11.5 Å². The molecule has 0 heterocycles. The number of ether oxygens (including phenoxy) is 1. The quantitative estimate of drug-likeness (QED) is 0.357. The standard InChI is InChI=1S/C12H21N3O2/c1-3-4-7-17-8-5-6-15-12(16)11(9-13)10-14-2/h10,14H,3-8H2,1-2H3,(H,15,16)/b11-10-. The van der Waals surface area contributed by atoms with Gasteiger partial charge in [-0.2, -0.15) is 5.26 Å². The summed E-state index contributed by atoms with van der Waals surface area (Å²) in [6, 6.07) is 1.83. The van der Waals surface area contributed by atoms with Gasteiger partial charge in [-0.25, -0.2) is 0 Å². The first-order chi connectivity index (χ1) is 8.26. The van der Waals surface area contributed by atoms with Gasteiger partial charge in [0.15, 0.2) is 0 Å². The molecule has 0 aromatic carbocycles. The zero-order valence-corrected chi connectivity index (χ0v) is 10.6. The highest BCUT2D eigenvalue weighted by Crippen LogP contribution is 1.91. The minimum atomic E-state index is -0.351. The van der Waals surface area contributed by atoms with Crippen LogP contribution in [0.4, 0.5) is 0 Å². The monoisotopic (exact) mass is 239 g/mol. The number of nitrogens with one attached hydrogen (secondary N) is 2. The van der Waals surface area contributed by atoms with Gasteiger partial charge in [0.1, 0.15) is 11.6 Å². The highest BCUT2D eigenvalue weighted by molar-refractivity contribution is 5.97. The third-order valence-electron chi connectivity index (χ3n) is 2.05. The van der Waals surface area contributed by atoms with Crippen LogP contribution < -0.4 is 10.6 Å². The number of nitriles is 1. The van der Waals surface area contributed by atoms with Crippen LogP contribution in [0.25, 0.3) is 0 Å². The normalized spacial score (nSPS) is 10.8. The zero-order chi connectivity index (χ0) is 12.9. The largest absolute Gasteiger partial charge is 0.393 e. The molecule has 0 radical (unpaired) electrons. The van der Waals surface area contributed by atoms with E-state index in [0.717, 1.165) is 25.9 Å². The molecule has 0 aliphatic carbocycles. The Morgan fingerprint density at radius 3 is 2.71 bits per heavy atom. The SMILES string of the molecule is CCCCOCCCNC(=O)/C(C#N)=C\NC. The van der Waals surface area contributed by atoms with Crippen LogP contribution in [0.15, 0.2) is 11.8 Å². The van der Waals surface area contributed by atoms with E-state index in [4.69, 9.17) is 10.00 Å². The average Bonchev–Trinajstić information content (AvgIpc) is 2.34. The van der Waals surface area contributed by atoms with E-state index in [0.29, 0.717) is 13.2 Å². The van der Waals surface area contributed by atoms with Crippen LogP contribution >= 0.6 is 0 Å². The summed E-state index contributed by atoms with van der Waals surface area (Å²) in [5.74, 6) is -0.351. The minimum Gasteiger partial charge on any atom is -0.393 e. The second kappa shape index (κ2) is 11.0.